The number of methoxy groups -OCH3 is 1. The Kier molecular flexibility index (Phi) is 2.92. The summed E-state index contributed by atoms with van der Waals surface area (Å²) in [4.78, 5) is 12.0. The molecule has 5 nitrogen and oxygen atoms in total. The van der Waals surface area contributed by atoms with E-state index in [4.69, 9.17) is 14.2 Å². The van der Waals surface area contributed by atoms with Crippen LogP contribution in [0.15, 0.2) is 36.4 Å². The number of hydrogen-bond donors (Lipinski definition) is 1. The number of anilines is 1. The lowest BCUT2D eigenvalue weighted by Gasteiger charge is -2.26. The SMILES string of the molecule is COc1ccc(C2CC(=O)Nc3cc4c(cc32)OCO4)cc1. The van der Waals surface area contributed by atoms with Gasteiger partial charge in [0, 0.05) is 24.1 Å². The number of fused-ring (bicyclic) bond motifs is 2. The van der Waals surface area contributed by atoms with Gasteiger partial charge in [0.1, 0.15) is 5.75 Å². The molecule has 0 bridgehead atoms. The Balaban J connectivity index is 1.79. The van der Waals surface area contributed by atoms with Crippen molar-refractivity contribution in [1.29, 1.82) is 0 Å². The third-order valence-corrected chi connectivity index (χ3v) is 4.10. The van der Waals surface area contributed by atoms with Gasteiger partial charge < -0.3 is 19.5 Å². The van der Waals surface area contributed by atoms with E-state index in [0.29, 0.717) is 12.2 Å². The molecule has 5 heteroatoms. The fourth-order valence-corrected chi connectivity index (χ4v) is 2.98. The van der Waals surface area contributed by atoms with Gasteiger partial charge in [0.25, 0.3) is 0 Å². The molecule has 0 radical (unpaired) electrons. The summed E-state index contributed by atoms with van der Waals surface area (Å²) in [5.41, 5.74) is 2.92. The van der Waals surface area contributed by atoms with E-state index in [-0.39, 0.29) is 18.6 Å². The lowest BCUT2D eigenvalue weighted by Crippen LogP contribution is -2.23. The van der Waals surface area contributed by atoms with E-state index in [1.165, 1.54) is 0 Å². The van der Waals surface area contributed by atoms with Crippen LogP contribution in [0.1, 0.15) is 23.5 Å². The molecular formula is C17H15NO4. The molecule has 1 N–H and O–H groups in total. The van der Waals surface area contributed by atoms with Crippen molar-refractivity contribution in [2.24, 2.45) is 0 Å². The molecule has 112 valence electrons. The second-order valence-corrected chi connectivity index (χ2v) is 5.37. The molecule has 0 aliphatic carbocycles. The minimum Gasteiger partial charge on any atom is -0.497 e. The second kappa shape index (κ2) is 4.94. The van der Waals surface area contributed by atoms with Gasteiger partial charge in [0.15, 0.2) is 11.5 Å². The molecule has 1 atom stereocenters. The minimum absolute atomic E-state index is 0.00385. The average Bonchev–Trinajstić information content (AvgIpc) is 2.99. The summed E-state index contributed by atoms with van der Waals surface area (Å²) >= 11 is 0. The lowest BCUT2D eigenvalue weighted by molar-refractivity contribution is -0.116. The first-order valence-electron chi connectivity index (χ1n) is 7.12. The van der Waals surface area contributed by atoms with Crippen LogP contribution in [0.5, 0.6) is 17.2 Å². The van der Waals surface area contributed by atoms with Crippen molar-refractivity contribution in [2.75, 3.05) is 19.2 Å². The molecule has 22 heavy (non-hydrogen) atoms. The Bertz CT molecular complexity index is 739. The first kappa shape index (κ1) is 13.0. The van der Waals surface area contributed by atoms with E-state index in [1.807, 2.05) is 36.4 Å². The number of rotatable bonds is 2. The third-order valence-electron chi connectivity index (χ3n) is 4.10. The van der Waals surface area contributed by atoms with Crippen molar-refractivity contribution in [1.82, 2.24) is 0 Å². The van der Waals surface area contributed by atoms with Crippen molar-refractivity contribution in [3.05, 3.63) is 47.5 Å². The zero-order valence-corrected chi connectivity index (χ0v) is 12.1. The molecule has 0 saturated carbocycles. The first-order chi connectivity index (χ1) is 10.7. The molecule has 2 aromatic rings. The Morgan fingerprint density at radius 3 is 2.59 bits per heavy atom. The van der Waals surface area contributed by atoms with Gasteiger partial charge in [0.2, 0.25) is 12.7 Å². The van der Waals surface area contributed by atoms with Crippen molar-refractivity contribution >= 4 is 11.6 Å². The van der Waals surface area contributed by atoms with Crippen molar-refractivity contribution in [2.45, 2.75) is 12.3 Å². The predicted molar refractivity (Wildman–Crippen MR) is 80.6 cm³/mol. The zero-order valence-electron chi connectivity index (χ0n) is 12.1. The summed E-state index contributed by atoms with van der Waals surface area (Å²) in [6.45, 7) is 0.222. The van der Waals surface area contributed by atoms with Crippen LogP contribution in [0.3, 0.4) is 0 Å². The topological polar surface area (TPSA) is 56.8 Å². The number of ether oxygens (including phenoxy) is 3. The maximum atomic E-state index is 12.0. The molecule has 1 amide bonds. The highest BCUT2D eigenvalue weighted by Gasteiger charge is 2.29. The van der Waals surface area contributed by atoms with Gasteiger partial charge in [0.05, 0.1) is 7.11 Å². The molecule has 2 aliphatic rings. The Labute approximate surface area is 127 Å². The summed E-state index contributed by atoms with van der Waals surface area (Å²) in [6, 6.07) is 11.6. The van der Waals surface area contributed by atoms with Crippen LogP contribution in [0.4, 0.5) is 5.69 Å². The summed E-state index contributed by atoms with van der Waals surface area (Å²) in [6.07, 6.45) is 0.416. The van der Waals surface area contributed by atoms with E-state index in [0.717, 1.165) is 28.3 Å². The summed E-state index contributed by atoms with van der Waals surface area (Å²) in [5.74, 6) is 2.22. The van der Waals surface area contributed by atoms with Crippen LogP contribution in [-0.4, -0.2) is 19.8 Å². The van der Waals surface area contributed by atoms with Crippen molar-refractivity contribution in [3.63, 3.8) is 0 Å². The summed E-state index contributed by atoms with van der Waals surface area (Å²) in [5, 5.41) is 2.91. The van der Waals surface area contributed by atoms with Gasteiger partial charge in [-0.25, -0.2) is 0 Å². The summed E-state index contributed by atoms with van der Waals surface area (Å²) < 4.78 is 16.0. The number of nitrogens with one attached hydrogen (secondary N) is 1. The quantitative estimate of drug-likeness (QED) is 0.926. The highest BCUT2D eigenvalue weighted by Crippen LogP contribution is 2.44. The number of hydrogen-bond acceptors (Lipinski definition) is 4. The number of amides is 1. The van der Waals surface area contributed by atoms with Gasteiger partial charge >= 0.3 is 0 Å². The summed E-state index contributed by atoms with van der Waals surface area (Å²) in [7, 11) is 1.64. The maximum Gasteiger partial charge on any atom is 0.231 e. The highest BCUT2D eigenvalue weighted by atomic mass is 16.7. The van der Waals surface area contributed by atoms with Gasteiger partial charge in [-0.15, -0.1) is 0 Å². The Morgan fingerprint density at radius 2 is 1.86 bits per heavy atom. The largest absolute Gasteiger partial charge is 0.497 e. The van der Waals surface area contributed by atoms with Crippen molar-refractivity contribution in [3.8, 4) is 17.2 Å². The molecule has 4 rings (SSSR count). The number of carbonyl (C=O) groups excluding carboxylic acids is 1. The smallest absolute Gasteiger partial charge is 0.231 e. The van der Waals surface area contributed by atoms with Crippen LogP contribution in [0.25, 0.3) is 0 Å². The maximum absolute atomic E-state index is 12.0. The highest BCUT2D eigenvalue weighted by molar-refractivity contribution is 5.96. The molecular weight excluding hydrogens is 282 g/mol. The van der Waals surface area contributed by atoms with E-state index in [1.54, 1.807) is 7.11 Å². The van der Waals surface area contributed by atoms with E-state index in [2.05, 4.69) is 5.32 Å². The Morgan fingerprint density at radius 1 is 1.14 bits per heavy atom. The lowest BCUT2D eigenvalue weighted by atomic mass is 9.84. The number of benzene rings is 2. The van der Waals surface area contributed by atoms with Crippen molar-refractivity contribution < 1.29 is 19.0 Å². The third kappa shape index (κ3) is 2.06. The van der Waals surface area contributed by atoms with Gasteiger partial charge in [-0.3, -0.25) is 4.79 Å². The monoisotopic (exact) mass is 297 g/mol. The molecule has 0 fully saturated rings. The molecule has 1 unspecified atom stereocenters. The van der Waals surface area contributed by atoms with E-state index < -0.39 is 0 Å². The average molecular weight is 297 g/mol. The van der Waals surface area contributed by atoms with Crippen LogP contribution < -0.4 is 19.5 Å². The standard InChI is InChI=1S/C17H15NO4/c1-20-11-4-2-10(3-5-11)12-7-17(19)18-14-8-16-15(6-13(12)14)21-9-22-16/h2-6,8,12H,7,9H2,1H3,(H,18,19). The van der Waals surface area contributed by atoms with Crippen LogP contribution >= 0.6 is 0 Å². The van der Waals surface area contributed by atoms with Gasteiger partial charge in [-0.1, -0.05) is 12.1 Å². The molecule has 0 saturated heterocycles. The zero-order chi connectivity index (χ0) is 15.1. The minimum atomic E-state index is 0.00385. The fraction of sp³-hybridized carbons (Fsp3) is 0.235. The molecule has 2 heterocycles. The van der Waals surface area contributed by atoms with Crippen LogP contribution in [0.2, 0.25) is 0 Å². The Hall–Kier alpha value is -2.69. The molecule has 2 aromatic carbocycles. The molecule has 2 aliphatic heterocycles. The normalized spacial score (nSPS) is 18.6. The molecule has 0 aromatic heterocycles. The van der Waals surface area contributed by atoms with E-state index in [9.17, 15) is 4.79 Å². The number of carbonyl (C=O) groups is 1. The fourth-order valence-electron chi connectivity index (χ4n) is 2.98. The second-order valence-electron chi connectivity index (χ2n) is 5.37. The predicted octanol–water partition coefficient (Wildman–Crippen LogP) is 2.90. The first-order valence-corrected chi connectivity index (χ1v) is 7.12. The van der Waals surface area contributed by atoms with Gasteiger partial charge in [-0.2, -0.15) is 0 Å². The van der Waals surface area contributed by atoms with Crippen LogP contribution in [-0.2, 0) is 4.79 Å². The van der Waals surface area contributed by atoms with Crippen LogP contribution in [0, 0.1) is 0 Å². The molecule has 0 spiro atoms. The van der Waals surface area contributed by atoms with Gasteiger partial charge in [-0.05, 0) is 29.3 Å². The van der Waals surface area contributed by atoms with E-state index >= 15 is 0 Å².